The van der Waals surface area contributed by atoms with Gasteiger partial charge >= 0.3 is 0 Å². The Kier molecular flexibility index (Phi) is 7.95. The highest BCUT2D eigenvalue weighted by atomic mass is 16.3. The second kappa shape index (κ2) is 9.60. The molecule has 0 spiro atoms. The minimum absolute atomic E-state index is 0.171. The number of phenolic OH excluding ortho intramolecular Hbond substituents is 1. The van der Waals surface area contributed by atoms with Crippen molar-refractivity contribution in [1.82, 2.24) is 0 Å². The average Bonchev–Trinajstić information content (AvgIpc) is 2.42. The maximum absolute atomic E-state index is 10.8. The van der Waals surface area contributed by atoms with Gasteiger partial charge in [0.25, 0.3) is 0 Å². The number of hydrogen-bond acceptors (Lipinski definition) is 2. The second-order valence-corrected chi connectivity index (χ2v) is 5.21. The summed E-state index contributed by atoms with van der Waals surface area (Å²) in [5.41, 5.74) is 0.920. The van der Waals surface area contributed by atoms with E-state index in [4.69, 9.17) is 0 Å². The minimum atomic E-state index is 0.171. The van der Waals surface area contributed by atoms with Crippen LogP contribution in [0.25, 0.3) is 0 Å². The minimum Gasteiger partial charge on any atom is -0.508 e. The number of aromatic hydroxyl groups is 1. The first kappa shape index (κ1) is 15.7. The van der Waals surface area contributed by atoms with Gasteiger partial charge < -0.3 is 9.90 Å². The van der Waals surface area contributed by atoms with Gasteiger partial charge in [0.15, 0.2) is 0 Å². The van der Waals surface area contributed by atoms with Crippen LogP contribution >= 0.6 is 0 Å². The molecule has 1 atom stereocenters. The molecule has 0 amide bonds. The first-order valence-corrected chi connectivity index (χ1v) is 7.51. The van der Waals surface area contributed by atoms with Crippen LogP contribution in [0.2, 0.25) is 0 Å². The molecule has 1 aromatic rings. The molecule has 0 aliphatic carbocycles. The third-order valence-corrected chi connectivity index (χ3v) is 3.66. The summed E-state index contributed by atoms with van der Waals surface area (Å²) in [6.45, 7) is 2.22. The van der Waals surface area contributed by atoms with Crippen molar-refractivity contribution in [2.45, 2.75) is 64.2 Å². The number of hydrogen-bond donors (Lipinski definition) is 1. The predicted molar refractivity (Wildman–Crippen MR) is 79.5 cm³/mol. The highest BCUT2D eigenvalue weighted by molar-refractivity contribution is 5.52. The lowest BCUT2D eigenvalue weighted by molar-refractivity contribution is -0.108. The molecule has 0 aliphatic heterocycles. The van der Waals surface area contributed by atoms with Crippen molar-refractivity contribution in [3.8, 4) is 5.75 Å². The van der Waals surface area contributed by atoms with Gasteiger partial charge in [-0.2, -0.15) is 0 Å². The van der Waals surface area contributed by atoms with E-state index in [1.807, 2.05) is 18.2 Å². The molecule has 0 aromatic heterocycles. The van der Waals surface area contributed by atoms with E-state index in [9.17, 15) is 9.90 Å². The van der Waals surface area contributed by atoms with Gasteiger partial charge in [-0.05, 0) is 24.0 Å². The Morgan fingerprint density at radius 3 is 2.47 bits per heavy atom. The normalized spacial score (nSPS) is 12.3. The summed E-state index contributed by atoms with van der Waals surface area (Å²) in [4.78, 5) is 10.8. The molecule has 1 N–H and O–H groups in total. The zero-order valence-corrected chi connectivity index (χ0v) is 12.0. The highest BCUT2D eigenvalue weighted by Gasteiger charge is 2.14. The van der Waals surface area contributed by atoms with E-state index in [0.29, 0.717) is 12.2 Å². The third kappa shape index (κ3) is 5.91. The first-order chi connectivity index (χ1) is 9.29. The molecule has 106 valence electrons. The third-order valence-electron chi connectivity index (χ3n) is 3.66. The Bertz CT molecular complexity index is 360. The Morgan fingerprint density at radius 1 is 1.11 bits per heavy atom. The number of carbonyl (C=O) groups is 1. The van der Waals surface area contributed by atoms with Gasteiger partial charge in [-0.25, -0.2) is 0 Å². The highest BCUT2D eigenvalue weighted by Crippen LogP contribution is 2.31. The van der Waals surface area contributed by atoms with Gasteiger partial charge in [0.05, 0.1) is 0 Å². The second-order valence-electron chi connectivity index (χ2n) is 5.21. The van der Waals surface area contributed by atoms with Crippen molar-refractivity contribution < 1.29 is 9.90 Å². The van der Waals surface area contributed by atoms with Crippen molar-refractivity contribution in [2.75, 3.05) is 0 Å². The smallest absolute Gasteiger partial charge is 0.120 e. The van der Waals surface area contributed by atoms with E-state index < -0.39 is 0 Å². The van der Waals surface area contributed by atoms with Crippen LogP contribution in [-0.4, -0.2) is 11.4 Å². The lowest BCUT2D eigenvalue weighted by Crippen LogP contribution is -2.00. The maximum atomic E-state index is 10.8. The van der Waals surface area contributed by atoms with Gasteiger partial charge in [-0.3, -0.25) is 0 Å². The van der Waals surface area contributed by atoms with Crippen molar-refractivity contribution in [3.63, 3.8) is 0 Å². The lowest BCUT2D eigenvalue weighted by atomic mass is 9.90. The molecule has 0 saturated heterocycles. The van der Waals surface area contributed by atoms with Crippen LogP contribution in [0.5, 0.6) is 5.75 Å². The van der Waals surface area contributed by atoms with Crippen LogP contribution in [0.4, 0.5) is 0 Å². The van der Waals surface area contributed by atoms with Gasteiger partial charge in [-0.15, -0.1) is 0 Å². The number of para-hydroxylation sites is 1. The standard InChI is InChI=1S/C17H26O2/c1-2-3-4-5-6-7-10-15(13-14-18)16-11-8-9-12-17(16)19/h8-9,11-12,14-15,19H,2-7,10,13H2,1H3. The Labute approximate surface area is 116 Å². The van der Waals surface area contributed by atoms with E-state index >= 15 is 0 Å². The maximum Gasteiger partial charge on any atom is 0.120 e. The van der Waals surface area contributed by atoms with Crippen molar-refractivity contribution >= 4 is 6.29 Å². The summed E-state index contributed by atoms with van der Waals surface area (Å²) < 4.78 is 0. The molecule has 0 fully saturated rings. The quantitative estimate of drug-likeness (QED) is 0.485. The molecule has 0 bridgehead atoms. The van der Waals surface area contributed by atoms with Gasteiger partial charge in [0, 0.05) is 6.42 Å². The summed E-state index contributed by atoms with van der Waals surface area (Å²) >= 11 is 0. The molecule has 0 saturated carbocycles. The molecular formula is C17H26O2. The Morgan fingerprint density at radius 2 is 1.79 bits per heavy atom. The molecular weight excluding hydrogens is 236 g/mol. The molecule has 19 heavy (non-hydrogen) atoms. The van der Waals surface area contributed by atoms with E-state index in [1.165, 1.54) is 32.1 Å². The topological polar surface area (TPSA) is 37.3 Å². The Balaban J connectivity index is 2.41. The van der Waals surface area contributed by atoms with Crippen molar-refractivity contribution in [2.24, 2.45) is 0 Å². The lowest BCUT2D eigenvalue weighted by Gasteiger charge is -2.15. The molecule has 1 rings (SSSR count). The number of unbranched alkanes of at least 4 members (excludes halogenated alkanes) is 5. The van der Waals surface area contributed by atoms with Crippen LogP contribution in [-0.2, 0) is 4.79 Å². The van der Waals surface area contributed by atoms with Gasteiger partial charge in [0.2, 0.25) is 0 Å². The van der Waals surface area contributed by atoms with Gasteiger partial charge in [0.1, 0.15) is 12.0 Å². The fourth-order valence-electron chi connectivity index (χ4n) is 2.52. The van der Waals surface area contributed by atoms with Crippen LogP contribution in [0.1, 0.15) is 69.8 Å². The summed E-state index contributed by atoms with van der Waals surface area (Å²) in [5.74, 6) is 0.491. The predicted octanol–water partition coefficient (Wildman–Crippen LogP) is 4.82. The summed E-state index contributed by atoms with van der Waals surface area (Å²) in [6.07, 6.45) is 10.00. The van der Waals surface area contributed by atoms with Gasteiger partial charge in [-0.1, -0.05) is 63.6 Å². The van der Waals surface area contributed by atoms with Crippen LogP contribution in [0.3, 0.4) is 0 Å². The molecule has 1 unspecified atom stereocenters. The van der Waals surface area contributed by atoms with E-state index in [2.05, 4.69) is 6.92 Å². The van der Waals surface area contributed by atoms with E-state index in [1.54, 1.807) is 6.07 Å². The first-order valence-electron chi connectivity index (χ1n) is 7.51. The average molecular weight is 262 g/mol. The zero-order chi connectivity index (χ0) is 13.9. The summed E-state index contributed by atoms with van der Waals surface area (Å²) in [6, 6.07) is 7.38. The molecule has 0 radical (unpaired) electrons. The monoisotopic (exact) mass is 262 g/mol. The number of benzene rings is 1. The SMILES string of the molecule is CCCCCCCCC(CC=O)c1ccccc1O. The number of aldehydes is 1. The fraction of sp³-hybridized carbons (Fsp3) is 0.588. The van der Waals surface area contributed by atoms with Crippen LogP contribution in [0, 0.1) is 0 Å². The summed E-state index contributed by atoms with van der Waals surface area (Å²) in [7, 11) is 0. The fourth-order valence-corrected chi connectivity index (χ4v) is 2.52. The Hall–Kier alpha value is -1.31. The largest absolute Gasteiger partial charge is 0.508 e. The molecule has 1 aromatic carbocycles. The molecule has 2 nitrogen and oxygen atoms in total. The van der Waals surface area contributed by atoms with Crippen LogP contribution in [0.15, 0.2) is 24.3 Å². The molecule has 0 heterocycles. The summed E-state index contributed by atoms with van der Waals surface area (Å²) in [5, 5.41) is 9.86. The van der Waals surface area contributed by atoms with E-state index in [-0.39, 0.29) is 5.92 Å². The number of carbonyl (C=O) groups excluding carboxylic acids is 1. The zero-order valence-electron chi connectivity index (χ0n) is 12.0. The number of rotatable bonds is 10. The van der Waals surface area contributed by atoms with E-state index in [0.717, 1.165) is 24.7 Å². The van der Waals surface area contributed by atoms with Crippen molar-refractivity contribution in [1.29, 1.82) is 0 Å². The van der Waals surface area contributed by atoms with Crippen LogP contribution < -0.4 is 0 Å². The molecule has 0 aliphatic rings. The number of phenols is 1. The molecule has 2 heteroatoms. The van der Waals surface area contributed by atoms with Crippen molar-refractivity contribution in [3.05, 3.63) is 29.8 Å².